The zero-order valence-electron chi connectivity index (χ0n) is 19.3. The molecule has 1 unspecified atom stereocenters. The summed E-state index contributed by atoms with van der Waals surface area (Å²) in [6, 6.07) is 7.70. The number of aromatic nitrogens is 7. The Bertz CT molecular complexity index is 1490. The molecular formula is C23H27N9O. The SMILES string of the molecule is Cn1nc(C(C)(C)C)cc1NC(O)c1cnc2cc(-c3nn(C)c4ccnc(N)c34)ccn12. The highest BCUT2D eigenvalue weighted by Crippen LogP contribution is 2.32. The van der Waals surface area contributed by atoms with Crippen molar-refractivity contribution in [2.45, 2.75) is 32.4 Å². The van der Waals surface area contributed by atoms with Crippen molar-refractivity contribution in [2.75, 3.05) is 11.1 Å². The van der Waals surface area contributed by atoms with E-state index in [4.69, 9.17) is 5.73 Å². The quantitative estimate of drug-likeness (QED) is 0.363. The van der Waals surface area contributed by atoms with Gasteiger partial charge in [-0.3, -0.25) is 13.8 Å². The molecule has 0 saturated carbocycles. The van der Waals surface area contributed by atoms with Crippen molar-refractivity contribution >= 4 is 28.2 Å². The van der Waals surface area contributed by atoms with Gasteiger partial charge in [0.1, 0.15) is 23.0 Å². The summed E-state index contributed by atoms with van der Waals surface area (Å²) in [7, 11) is 3.73. The fourth-order valence-electron chi connectivity index (χ4n) is 3.97. The van der Waals surface area contributed by atoms with Crippen molar-refractivity contribution in [1.82, 2.24) is 33.9 Å². The van der Waals surface area contributed by atoms with Crippen LogP contribution in [0.5, 0.6) is 0 Å². The molecule has 0 spiro atoms. The summed E-state index contributed by atoms with van der Waals surface area (Å²) in [5.74, 6) is 1.16. The number of pyridine rings is 2. The van der Waals surface area contributed by atoms with E-state index in [1.807, 2.05) is 49.0 Å². The highest BCUT2D eigenvalue weighted by Gasteiger charge is 2.21. The molecule has 0 aliphatic heterocycles. The van der Waals surface area contributed by atoms with Crippen molar-refractivity contribution in [3.8, 4) is 11.3 Å². The molecule has 0 aliphatic rings. The minimum absolute atomic E-state index is 0.0864. The summed E-state index contributed by atoms with van der Waals surface area (Å²) in [6.07, 6.45) is 4.23. The topological polar surface area (TPSA) is 124 Å². The van der Waals surface area contributed by atoms with E-state index in [2.05, 4.69) is 46.3 Å². The summed E-state index contributed by atoms with van der Waals surface area (Å²) in [5.41, 5.74) is 10.8. The van der Waals surface area contributed by atoms with Gasteiger partial charge >= 0.3 is 0 Å². The molecule has 0 saturated heterocycles. The Kier molecular flexibility index (Phi) is 4.64. The molecule has 10 heteroatoms. The molecule has 5 aromatic heterocycles. The van der Waals surface area contributed by atoms with Gasteiger partial charge in [0.2, 0.25) is 0 Å². The fourth-order valence-corrected chi connectivity index (χ4v) is 3.97. The first kappa shape index (κ1) is 21.0. The monoisotopic (exact) mass is 445 g/mol. The number of hydrogen-bond acceptors (Lipinski definition) is 7. The van der Waals surface area contributed by atoms with Crippen molar-refractivity contribution in [1.29, 1.82) is 0 Å². The van der Waals surface area contributed by atoms with Crippen LogP contribution in [-0.4, -0.2) is 39.0 Å². The number of aliphatic hydroxyl groups is 1. The molecule has 5 rings (SSSR count). The van der Waals surface area contributed by atoms with Crippen molar-refractivity contribution in [3.05, 3.63) is 54.2 Å². The average Bonchev–Trinajstić information content (AvgIpc) is 3.44. The van der Waals surface area contributed by atoms with Crippen LogP contribution in [0, 0.1) is 0 Å². The van der Waals surface area contributed by atoms with E-state index < -0.39 is 6.23 Å². The van der Waals surface area contributed by atoms with E-state index in [9.17, 15) is 5.11 Å². The standard InChI is InChI=1S/C23H27N9O/c1-23(2,3)16-11-18(31(5)28-16)27-22(33)15-12-26-17-10-13(7-9-32(15)17)20-19-14(30(4)29-20)6-8-25-21(19)24/h6-12,22,27,33H,1-5H3,(H2,24,25). The van der Waals surface area contributed by atoms with Crippen LogP contribution >= 0.6 is 0 Å². The molecule has 5 aromatic rings. The molecule has 5 heterocycles. The molecule has 0 radical (unpaired) electrons. The van der Waals surface area contributed by atoms with Gasteiger partial charge in [-0.2, -0.15) is 10.2 Å². The maximum absolute atomic E-state index is 10.9. The van der Waals surface area contributed by atoms with Gasteiger partial charge in [-0.05, 0) is 18.2 Å². The summed E-state index contributed by atoms with van der Waals surface area (Å²) >= 11 is 0. The van der Waals surface area contributed by atoms with Gasteiger partial charge in [0.15, 0.2) is 6.23 Å². The van der Waals surface area contributed by atoms with Gasteiger partial charge < -0.3 is 16.2 Å². The normalized spacial score (nSPS) is 13.2. The third-order valence-electron chi connectivity index (χ3n) is 5.82. The van der Waals surface area contributed by atoms with Gasteiger partial charge in [-0.1, -0.05) is 20.8 Å². The number of rotatable bonds is 4. The molecule has 0 aliphatic carbocycles. The number of anilines is 2. The van der Waals surface area contributed by atoms with Gasteiger partial charge in [-0.15, -0.1) is 0 Å². The van der Waals surface area contributed by atoms with E-state index in [-0.39, 0.29) is 5.41 Å². The van der Waals surface area contributed by atoms with Crippen LogP contribution < -0.4 is 11.1 Å². The molecule has 4 N–H and O–H groups in total. The van der Waals surface area contributed by atoms with E-state index in [0.717, 1.165) is 33.7 Å². The van der Waals surface area contributed by atoms with Crippen LogP contribution in [0.25, 0.3) is 27.8 Å². The number of nitrogen functional groups attached to an aromatic ring is 1. The lowest BCUT2D eigenvalue weighted by Crippen LogP contribution is -2.14. The number of aryl methyl sites for hydroxylation is 2. The number of aliphatic hydroxyl groups excluding tert-OH is 1. The van der Waals surface area contributed by atoms with Crippen molar-refractivity contribution in [2.24, 2.45) is 14.1 Å². The minimum Gasteiger partial charge on any atom is -0.383 e. The third-order valence-corrected chi connectivity index (χ3v) is 5.82. The van der Waals surface area contributed by atoms with Crippen LogP contribution in [0.1, 0.15) is 38.4 Å². The molecule has 170 valence electrons. The van der Waals surface area contributed by atoms with Crippen LogP contribution in [0.4, 0.5) is 11.6 Å². The summed E-state index contributed by atoms with van der Waals surface area (Å²) in [5, 5.41) is 24.1. The van der Waals surface area contributed by atoms with Gasteiger partial charge in [0.25, 0.3) is 0 Å². The molecule has 0 amide bonds. The van der Waals surface area contributed by atoms with Crippen LogP contribution in [-0.2, 0) is 19.5 Å². The Morgan fingerprint density at radius 3 is 2.58 bits per heavy atom. The van der Waals surface area contributed by atoms with Crippen LogP contribution in [0.15, 0.2) is 42.9 Å². The van der Waals surface area contributed by atoms with Gasteiger partial charge in [0, 0.05) is 43.5 Å². The largest absolute Gasteiger partial charge is 0.383 e. The number of nitrogens with one attached hydrogen (secondary N) is 1. The highest BCUT2D eigenvalue weighted by molar-refractivity contribution is 6.00. The maximum Gasteiger partial charge on any atom is 0.169 e. The fraction of sp³-hybridized carbons (Fsp3) is 0.304. The predicted molar refractivity (Wildman–Crippen MR) is 128 cm³/mol. The summed E-state index contributed by atoms with van der Waals surface area (Å²) in [6.45, 7) is 6.31. The zero-order chi connectivity index (χ0) is 23.5. The lowest BCUT2D eigenvalue weighted by atomic mass is 9.92. The average molecular weight is 446 g/mol. The van der Waals surface area contributed by atoms with Gasteiger partial charge in [-0.25, -0.2) is 9.97 Å². The van der Waals surface area contributed by atoms with Crippen LogP contribution in [0.2, 0.25) is 0 Å². The summed E-state index contributed by atoms with van der Waals surface area (Å²) < 4.78 is 5.36. The smallest absolute Gasteiger partial charge is 0.169 e. The number of hydrogen-bond donors (Lipinski definition) is 3. The molecule has 33 heavy (non-hydrogen) atoms. The summed E-state index contributed by atoms with van der Waals surface area (Å²) in [4.78, 5) is 8.72. The first-order chi connectivity index (χ1) is 15.6. The molecule has 0 fully saturated rings. The third kappa shape index (κ3) is 3.48. The second-order valence-corrected chi connectivity index (χ2v) is 9.22. The van der Waals surface area contributed by atoms with Crippen molar-refractivity contribution < 1.29 is 5.11 Å². The van der Waals surface area contributed by atoms with E-state index in [1.54, 1.807) is 21.8 Å². The number of imidazole rings is 1. The first-order valence-electron chi connectivity index (χ1n) is 10.7. The maximum atomic E-state index is 10.9. The van der Waals surface area contributed by atoms with E-state index in [0.29, 0.717) is 17.2 Å². The Morgan fingerprint density at radius 2 is 1.85 bits per heavy atom. The van der Waals surface area contributed by atoms with E-state index >= 15 is 0 Å². The number of nitrogens with two attached hydrogens (primary N) is 1. The molecule has 0 aromatic carbocycles. The number of fused-ring (bicyclic) bond motifs is 2. The first-order valence-corrected chi connectivity index (χ1v) is 10.7. The molecule has 0 bridgehead atoms. The predicted octanol–water partition coefficient (Wildman–Crippen LogP) is 3.00. The van der Waals surface area contributed by atoms with Crippen molar-refractivity contribution in [3.63, 3.8) is 0 Å². The Morgan fingerprint density at radius 1 is 1.06 bits per heavy atom. The minimum atomic E-state index is -0.968. The highest BCUT2D eigenvalue weighted by atomic mass is 16.3. The molecular weight excluding hydrogens is 418 g/mol. The Balaban J connectivity index is 1.49. The second kappa shape index (κ2) is 7.31. The number of nitrogens with zero attached hydrogens (tertiary/aromatic N) is 7. The lowest BCUT2D eigenvalue weighted by molar-refractivity contribution is 0.201. The zero-order valence-corrected chi connectivity index (χ0v) is 19.3. The lowest BCUT2D eigenvalue weighted by Gasteiger charge is -2.14. The van der Waals surface area contributed by atoms with Crippen LogP contribution in [0.3, 0.4) is 0 Å². The Hall–Kier alpha value is -3.92. The molecule has 10 nitrogen and oxygen atoms in total. The van der Waals surface area contributed by atoms with Gasteiger partial charge in [0.05, 0.1) is 28.5 Å². The Labute approximate surface area is 190 Å². The van der Waals surface area contributed by atoms with E-state index in [1.165, 1.54) is 0 Å². The second-order valence-electron chi connectivity index (χ2n) is 9.22. The molecule has 1 atom stereocenters.